The van der Waals surface area contributed by atoms with Gasteiger partial charge in [0.05, 0.1) is 0 Å². The molecule has 2 heterocycles. The van der Waals surface area contributed by atoms with Crippen molar-refractivity contribution in [3.63, 3.8) is 0 Å². The minimum atomic E-state index is -0.330. The number of nitrogens with zero attached hydrogens (tertiary/aromatic N) is 2. The summed E-state index contributed by atoms with van der Waals surface area (Å²) in [6.07, 6.45) is 5.91. The topological polar surface area (TPSA) is 78.1 Å². The third kappa shape index (κ3) is 4.92. The molecule has 0 saturated carbocycles. The zero-order valence-corrected chi connectivity index (χ0v) is 17.8. The van der Waals surface area contributed by atoms with Crippen molar-refractivity contribution in [2.24, 2.45) is 0 Å². The number of carbonyl (C=O) groups excluding carboxylic acids is 2. The van der Waals surface area contributed by atoms with E-state index in [-0.39, 0.29) is 17.5 Å². The summed E-state index contributed by atoms with van der Waals surface area (Å²) in [7, 11) is 1.73. The molecule has 0 radical (unpaired) electrons. The van der Waals surface area contributed by atoms with Gasteiger partial charge in [-0.25, -0.2) is 0 Å². The Morgan fingerprint density at radius 2 is 1.75 bits per heavy atom. The van der Waals surface area contributed by atoms with Crippen LogP contribution in [0.15, 0.2) is 90.9 Å². The standard InChI is InChI=1S/C26H24N4O2/c1-30(16-14-21-11-7-8-15-27-21)26(32)24(29-25(31)19-9-3-2-4-10-19)17-20-18-28-23-13-6-5-12-22(20)23/h2-13,15,17-18,28H,14,16H2,1H3,(H,29,31)/b24-17+. The molecule has 6 nitrogen and oxygen atoms in total. The van der Waals surface area contributed by atoms with Crippen molar-refractivity contribution in [2.75, 3.05) is 13.6 Å². The van der Waals surface area contributed by atoms with Crippen LogP contribution in [0.5, 0.6) is 0 Å². The summed E-state index contributed by atoms with van der Waals surface area (Å²) in [5.74, 6) is -0.598. The second-order valence-corrected chi connectivity index (χ2v) is 7.47. The first-order valence-corrected chi connectivity index (χ1v) is 10.4. The number of carbonyl (C=O) groups is 2. The van der Waals surface area contributed by atoms with Crippen LogP contribution in [0.2, 0.25) is 0 Å². The lowest BCUT2D eigenvalue weighted by Crippen LogP contribution is -2.37. The molecule has 0 saturated heterocycles. The number of para-hydroxylation sites is 1. The minimum absolute atomic E-state index is 0.215. The summed E-state index contributed by atoms with van der Waals surface area (Å²) in [5.41, 5.74) is 3.40. The van der Waals surface area contributed by atoms with E-state index in [1.807, 2.05) is 54.7 Å². The molecule has 0 atom stereocenters. The molecule has 0 aliphatic heterocycles. The maximum Gasteiger partial charge on any atom is 0.270 e. The van der Waals surface area contributed by atoms with Gasteiger partial charge in [-0.1, -0.05) is 42.5 Å². The number of fused-ring (bicyclic) bond motifs is 1. The molecule has 32 heavy (non-hydrogen) atoms. The fourth-order valence-corrected chi connectivity index (χ4v) is 3.44. The van der Waals surface area contributed by atoms with Crippen molar-refractivity contribution in [1.82, 2.24) is 20.2 Å². The summed E-state index contributed by atoms with van der Waals surface area (Å²) in [5, 5.41) is 3.79. The Bertz CT molecular complexity index is 1250. The first-order valence-electron chi connectivity index (χ1n) is 10.4. The van der Waals surface area contributed by atoms with E-state index >= 15 is 0 Å². The lowest BCUT2D eigenvalue weighted by atomic mass is 10.1. The molecule has 0 unspecified atom stereocenters. The van der Waals surface area contributed by atoms with E-state index in [0.717, 1.165) is 22.2 Å². The normalized spacial score (nSPS) is 11.3. The second-order valence-electron chi connectivity index (χ2n) is 7.47. The van der Waals surface area contributed by atoms with E-state index < -0.39 is 0 Å². The predicted octanol–water partition coefficient (Wildman–Crippen LogP) is 4.03. The Morgan fingerprint density at radius 3 is 2.53 bits per heavy atom. The van der Waals surface area contributed by atoms with Crippen molar-refractivity contribution >= 4 is 28.8 Å². The van der Waals surface area contributed by atoms with Crippen LogP contribution in [0.25, 0.3) is 17.0 Å². The average molecular weight is 425 g/mol. The summed E-state index contributed by atoms with van der Waals surface area (Å²) in [4.78, 5) is 35.2. The molecule has 0 fully saturated rings. The van der Waals surface area contributed by atoms with Crippen molar-refractivity contribution < 1.29 is 9.59 Å². The monoisotopic (exact) mass is 424 g/mol. The number of H-pyrrole nitrogens is 1. The van der Waals surface area contributed by atoms with Gasteiger partial charge in [-0.05, 0) is 36.4 Å². The fraction of sp³-hybridized carbons (Fsp3) is 0.115. The number of amides is 2. The number of benzene rings is 2. The lowest BCUT2D eigenvalue weighted by Gasteiger charge is -2.19. The average Bonchev–Trinajstić information content (AvgIpc) is 3.25. The van der Waals surface area contributed by atoms with E-state index in [4.69, 9.17) is 0 Å². The molecule has 2 aromatic heterocycles. The smallest absolute Gasteiger partial charge is 0.270 e. The van der Waals surface area contributed by atoms with Gasteiger partial charge in [-0.15, -0.1) is 0 Å². The third-order valence-corrected chi connectivity index (χ3v) is 5.21. The van der Waals surface area contributed by atoms with Crippen molar-refractivity contribution in [3.8, 4) is 0 Å². The highest BCUT2D eigenvalue weighted by Gasteiger charge is 2.19. The van der Waals surface area contributed by atoms with Gasteiger partial charge in [0.2, 0.25) is 0 Å². The fourth-order valence-electron chi connectivity index (χ4n) is 3.44. The number of pyridine rings is 1. The van der Waals surface area contributed by atoms with Gasteiger partial charge in [0.15, 0.2) is 0 Å². The Hall–Kier alpha value is -4.19. The number of hydrogen-bond donors (Lipinski definition) is 2. The van der Waals surface area contributed by atoms with Crippen LogP contribution in [0.1, 0.15) is 21.6 Å². The molecule has 2 aromatic carbocycles. The van der Waals surface area contributed by atoms with Crippen LogP contribution in [0.3, 0.4) is 0 Å². The zero-order chi connectivity index (χ0) is 22.3. The molecule has 6 heteroatoms. The largest absolute Gasteiger partial charge is 0.361 e. The lowest BCUT2D eigenvalue weighted by molar-refractivity contribution is -0.126. The number of aromatic amines is 1. The SMILES string of the molecule is CN(CCc1ccccn1)C(=O)/C(=C\c1c[nH]c2ccccc12)NC(=O)c1ccccc1. The van der Waals surface area contributed by atoms with Crippen LogP contribution < -0.4 is 5.32 Å². The van der Waals surface area contributed by atoms with Crippen molar-refractivity contribution in [3.05, 3.63) is 108 Å². The van der Waals surface area contributed by atoms with Crippen LogP contribution in [-0.4, -0.2) is 40.3 Å². The number of hydrogen-bond acceptors (Lipinski definition) is 3. The van der Waals surface area contributed by atoms with Gasteiger partial charge >= 0.3 is 0 Å². The molecule has 4 aromatic rings. The maximum atomic E-state index is 13.3. The maximum absolute atomic E-state index is 13.3. The minimum Gasteiger partial charge on any atom is -0.361 e. The predicted molar refractivity (Wildman–Crippen MR) is 126 cm³/mol. The van der Waals surface area contributed by atoms with Crippen LogP contribution in [-0.2, 0) is 11.2 Å². The molecule has 2 amide bonds. The highest BCUT2D eigenvalue weighted by molar-refractivity contribution is 6.06. The Morgan fingerprint density at radius 1 is 1.00 bits per heavy atom. The van der Waals surface area contributed by atoms with E-state index in [2.05, 4.69) is 15.3 Å². The van der Waals surface area contributed by atoms with Crippen LogP contribution >= 0.6 is 0 Å². The van der Waals surface area contributed by atoms with Gasteiger partial charge in [-0.3, -0.25) is 14.6 Å². The van der Waals surface area contributed by atoms with Gasteiger partial charge in [0.1, 0.15) is 5.70 Å². The zero-order valence-electron chi connectivity index (χ0n) is 17.8. The molecule has 2 N–H and O–H groups in total. The van der Waals surface area contributed by atoms with Crippen molar-refractivity contribution in [2.45, 2.75) is 6.42 Å². The number of likely N-dealkylation sites (N-methyl/N-ethyl adjacent to an activating group) is 1. The Labute approximate surface area is 186 Å². The van der Waals surface area contributed by atoms with Gasteiger partial charge in [0.25, 0.3) is 11.8 Å². The van der Waals surface area contributed by atoms with Crippen LogP contribution in [0, 0.1) is 0 Å². The highest BCUT2D eigenvalue weighted by atomic mass is 16.2. The molecule has 0 aliphatic rings. The van der Waals surface area contributed by atoms with Crippen molar-refractivity contribution in [1.29, 1.82) is 0 Å². The van der Waals surface area contributed by atoms with E-state index in [1.165, 1.54) is 0 Å². The van der Waals surface area contributed by atoms with Gasteiger partial charge in [0, 0.05) is 60.1 Å². The third-order valence-electron chi connectivity index (χ3n) is 5.21. The molecular formula is C26H24N4O2. The molecular weight excluding hydrogens is 400 g/mol. The molecule has 0 aliphatic carbocycles. The molecule has 0 spiro atoms. The van der Waals surface area contributed by atoms with Gasteiger partial charge < -0.3 is 15.2 Å². The van der Waals surface area contributed by atoms with Crippen LogP contribution in [0.4, 0.5) is 0 Å². The second kappa shape index (κ2) is 9.75. The molecule has 0 bridgehead atoms. The molecule has 4 rings (SSSR count). The number of nitrogens with one attached hydrogen (secondary N) is 2. The van der Waals surface area contributed by atoms with E-state index in [9.17, 15) is 9.59 Å². The summed E-state index contributed by atoms with van der Waals surface area (Å²) in [6, 6.07) is 22.4. The number of rotatable bonds is 7. The van der Waals surface area contributed by atoms with Gasteiger partial charge in [-0.2, -0.15) is 0 Å². The first-order chi connectivity index (χ1) is 15.6. The summed E-state index contributed by atoms with van der Waals surface area (Å²) in [6.45, 7) is 0.474. The summed E-state index contributed by atoms with van der Waals surface area (Å²) < 4.78 is 0. The first kappa shape index (κ1) is 21.1. The summed E-state index contributed by atoms with van der Waals surface area (Å²) >= 11 is 0. The Kier molecular flexibility index (Phi) is 6.41. The molecule has 160 valence electrons. The quantitative estimate of drug-likeness (QED) is 0.440. The van der Waals surface area contributed by atoms with E-state index in [0.29, 0.717) is 18.5 Å². The van der Waals surface area contributed by atoms with E-state index in [1.54, 1.807) is 48.5 Å². The number of aromatic nitrogens is 2. The Balaban J connectivity index is 1.60. The highest BCUT2D eigenvalue weighted by Crippen LogP contribution is 2.20.